The van der Waals surface area contributed by atoms with Gasteiger partial charge in [-0.3, -0.25) is 4.98 Å². The summed E-state index contributed by atoms with van der Waals surface area (Å²) < 4.78 is 6.49. The number of rotatable bonds is 6. The summed E-state index contributed by atoms with van der Waals surface area (Å²) >= 11 is 9.28. The molecule has 4 nitrogen and oxygen atoms in total. The van der Waals surface area contributed by atoms with E-state index in [1.54, 1.807) is 24.5 Å². The van der Waals surface area contributed by atoms with Gasteiger partial charge in [0.2, 0.25) is 0 Å². The Bertz CT molecular complexity index is 563. The molecule has 20 heavy (non-hydrogen) atoms. The Balaban J connectivity index is 1.93. The lowest BCUT2D eigenvalue weighted by Gasteiger charge is -2.08. The van der Waals surface area contributed by atoms with Crippen LogP contribution in [0.4, 0.5) is 5.82 Å². The van der Waals surface area contributed by atoms with Crippen LogP contribution in [0.3, 0.4) is 0 Å². The molecule has 0 aliphatic rings. The molecular weight excluding hydrogens is 342 g/mol. The van der Waals surface area contributed by atoms with Gasteiger partial charge in [0.15, 0.2) is 0 Å². The zero-order chi connectivity index (χ0) is 14.4. The Hall–Kier alpha value is -1.33. The van der Waals surface area contributed by atoms with Gasteiger partial charge in [-0.25, -0.2) is 4.98 Å². The quantitative estimate of drug-likeness (QED) is 0.838. The minimum Gasteiger partial charge on any atom is -0.486 e. The van der Waals surface area contributed by atoms with Crippen molar-refractivity contribution >= 4 is 33.3 Å². The number of hydrogen-bond donors (Lipinski definition) is 1. The van der Waals surface area contributed by atoms with Crippen molar-refractivity contribution in [2.75, 3.05) is 11.9 Å². The summed E-state index contributed by atoms with van der Waals surface area (Å²) in [6.45, 7) is 3.36. The van der Waals surface area contributed by atoms with Gasteiger partial charge in [-0.1, -0.05) is 18.5 Å². The highest BCUT2D eigenvalue weighted by Crippen LogP contribution is 2.28. The first kappa shape index (κ1) is 15.1. The van der Waals surface area contributed by atoms with Gasteiger partial charge in [0.25, 0.3) is 0 Å². The van der Waals surface area contributed by atoms with Gasteiger partial charge in [0.1, 0.15) is 18.2 Å². The van der Waals surface area contributed by atoms with Crippen LogP contribution in [0.1, 0.15) is 19.0 Å². The fourth-order valence-corrected chi connectivity index (χ4v) is 2.31. The second-order valence-electron chi connectivity index (χ2n) is 4.18. The van der Waals surface area contributed by atoms with E-state index in [1.807, 2.05) is 6.07 Å². The van der Waals surface area contributed by atoms with E-state index in [0.29, 0.717) is 11.6 Å². The van der Waals surface area contributed by atoms with E-state index in [-0.39, 0.29) is 0 Å². The minimum absolute atomic E-state index is 0.362. The molecule has 1 N–H and O–H groups in total. The van der Waals surface area contributed by atoms with E-state index in [9.17, 15) is 0 Å². The second kappa shape index (κ2) is 7.45. The molecule has 0 unspecified atom stereocenters. The average Bonchev–Trinajstić information content (AvgIpc) is 2.45. The van der Waals surface area contributed by atoms with Crippen LogP contribution in [-0.2, 0) is 6.61 Å². The summed E-state index contributed by atoms with van der Waals surface area (Å²) in [5, 5.41) is 3.84. The highest BCUT2D eigenvalue weighted by Gasteiger charge is 2.03. The molecule has 2 rings (SSSR count). The molecule has 0 saturated heterocycles. The third-order valence-corrected chi connectivity index (χ3v) is 3.39. The molecule has 0 radical (unpaired) electrons. The molecule has 1 heterocycles. The number of nitrogens with one attached hydrogen (secondary N) is 1. The zero-order valence-electron chi connectivity index (χ0n) is 11.1. The number of nitrogens with zero attached hydrogens (tertiary/aromatic N) is 2. The maximum atomic E-state index is 5.88. The molecule has 6 heteroatoms. The Labute approximate surface area is 131 Å². The molecule has 106 valence electrons. The fraction of sp³-hybridized carbons (Fsp3) is 0.286. The fourth-order valence-electron chi connectivity index (χ4n) is 1.52. The molecule has 0 atom stereocenters. The number of benzene rings is 1. The molecule has 0 fully saturated rings. The van der Waals surface area contributed by atoms with Gasteiger partial charge in [-0.05, 0) is 40.5 Å². The van der Waals surface area contributed by atoms with Crippen molar-refractivity contribution in [3.05, 3.63) is 45.8 Å². The van der Waals surface area contributed by atoms with Crippen LogP contribution in [0.5, 0.6) is 5.75 Å². The van der Waals surface area contributed by atoms with Gasteiger partial charge < -0.3 is 10.1 Å². The monoisotopic (exact) mass is 355 g/mol. The molecular formula is C14H15BrClN3O. The second-order valence-corrected chi connectivity index (χ2v) is 5.47. The molecule has 2 aromatic rings. The van der Waals surface area contributed by atoms with Crippen molar-refractivity contribution in [1.82, 2.24) is 9.97 Å². The standard InChI is InChI=1S/C14H15BrClN3O/c1-2-5-17-14-8-18-11(7-19-14)9-20-13-4-3-10(16)6-12(13)15/h3-4,6-8H,2,5,9H2,1H3,(H,17,19). The summed E-state index contributed by atoms with van der Waals surface area (Å²) in [4.78, 5) is 8.58. The van der Waals surface area contributed by atoms with Crippen LogP contribution in [0.15, 0.2) is 35.1 Å². The summed E-state index contributed by atoms with van der Waals surface area (Å²) in [6, 6.07) is 5.39. The van der Waals surface area contributed by atoms with Crippen LogP contribution in [0, 0.1) is 0 Å². The summed E-state index contributed by atoms with van der Waals surface area (Å²) in [5.41, 5.74) is 0.772. The van der Waals surface area contributed by atoms with Crippen LogP contribution < -0.4 is 10.1 Å². The maximum absolute atomic E-state index is 5.88. The lowest BCUT2D eigenvalue weighted by Crippen LogP contribution is -2.04. The minimum atomic E-state index is 0.362. The first-order chi connectivity index (χ1) is 9.69. The lowest BCUT2D eigenvalue weighted by atomic mass is 10.3. The van der Waals surface area contributed by atoms with Crippen LogP contribution in [0.25, 0.3) is 0 Å². The molecule has 0 bridgehead atoms. The molecule has 0 amide bonds. The smallest absolute Gasteiger partial charge is 0.144 e. The Kier molecular flexibility index (Phi) is 5.61. The Morgan fingerprint density at radius 2 is 2.15 bits per heavy atom. The summed E-state index contributed by atoms with van der Waals surface area (Å²) in [5.74, 6) is 1.51. The Morgan fingerprint density at radius 1 is 1.30 bits per heavy atom. The highest BCUT2D eigenvalue weighted by molar-refractivity contribution is 9.10. The summed E-state index contributed by atoms with van der Waals surface area (Å²) in [7, 11) is 0. The van der Waals surface area contributed by atoms with E-state index < -0.39 is 0 Å². The SMILES string of the molecule is CCCNc1cnc(COc2ccc(Cl)cc2Br)cn1. The number of aromatic nitrogens is 2. The van der Waals surface area contributed by atoms with Gasteiger partial charge in [0, 0.05) is 11.6 Å². The molecule has 0 spiro atoms. The lowest BCUT2D eigenvalue weighted by molar-refractivity contribution is 0.299. The number of anilines is 1. The van der Waals surface area contributed by atoms with Gasteiger partial charge in [0.05, 0.1) is 22.6 Å². The zero-order valence-corrected chi connectivity index (χ0v) is 13.4. The maximum Gasteiger partial charge on any atom is 0.144 e. The normalized spacial score (nSPS) is 10.3. The predicted molar refractivity (Wildman–Crippen MR) is 84.3 cm³/mol. The van der Waals surface area contributed by atoms with Crippen LogP contribution in [-0.4, -0.2) is 16.5 Å². The van der Waals surface area contributed by atoms with Gasteiger partial charge >= 0.3 is 0 Å². The molecule has 1 aromatic carbocycles. The number of hydrogen-bond acceptors (Lipinski definition) is 4. The topological polar surface area (TPSA) is 47.0 Å². The first-order valence-electron chi connectivity index (χ1n) is 6.31. The van der Waals surface area contributed by atoms with Crippen LogP contribution >= 0.6 is 27.5 Å². The van der Waals surface area contributed by atoms with Crippen molar-refractivity contribution < 1.29 is 4.74 Å². The number of halogens is 2. The third kappa shape index (κ3) is 4.35. The van der Waals surface area contributed by atoms with Crippen molar-refractivity contribution in [1.29, 1.82) is 0 Å². The van der Waals surface area contributed by atoms with E-state index in [0.717, 1.165) is 34.7 Å². The molecule has 0 saturated carbocycles. The highest BCUT2D eigenvalue weighted by atomic mass is 79.9. The van der Waals surface area contributed by atoms with E-state index in [1.165, 1.54) is 0 Å². The van der Waals surface area contributed by atoms with Crippen molar-refractivity contribution in [3.63, 3.8) is 0 Å². The van der Waals surface area contributed by atoms with E-state index in [2.05, 4.69) is 38.1 Å². The molecule has 0 aliphatic carbocycles. The van der Waals surface area contributed by atoms with E-state index >= 15 is 0 Å². The van der Waals surface area contributed by atoms with E-state index in [4.69, 9.17) is 16.3 Å². The van der Waals surface area contributed by atoms with Crippen molar-refractivity contribution in [2.45, 2.75) is 20.0 Å². The third-order valence-electron chi connectivity index (χ3n) is 2.53. The van der Waals surface area contributed by atoms with Crippen LogP contribution in [0.2, 0.25) is 5.02 Å². The number of ether oxygens (including phenoxy) is 1. The molecule has 0 aliphatic heterocycles. The largest absolute Gasteiger partial charge is 0.486 e. The van der Waals surface area contributed by atoms with Crippen molar-refractivity contribution in [3.8, 4) is 5.75 Å². The Morgan fingerprint density at radius 3 is 2.80 bits per heavy atom. The first-order valence-corrected chi connectivity index (χ1v) is 7.48. The van der Waals surface area contributed by atoms with Gasteiger partial charge in [-0.2, -0.15) is 0 Å². The van der Waals surface area contributed by atoms with Crippen molar-refractivity contribution in [2.24, 2.45) is 0 Å². The average molecular weight is 357 g/mol. The summed E-state index contributed by atoms with van der Waals surface area (Å²) in [6.07, 6.45) is 4.48. The molecule has 1 aromatic heterocycles. The predicted octanol–water partition coefficient (Wildman–Crippen LogP) is 4.29. The van der Waals surface area contributed by atoms with Gasteiger partial charge in [-0.15, -0.1) is 0 Å².